The Morgan fingerprint density at radius 2 is 2.06 bits per heavy atom. The molecule has 1 aliphatic heterocycles. The van der Waals surface area contributed by atoms with Crippen molar-refractivity contribution in [2.75, 3.05) is 18.6 Å². The Hall–Kier alpha value is -1.65. The van der Waals surface area contributed by atoms with E-state index in [1.165, 1.54) is 7.11 Å². The number of hydrogen-bond acceptors (Lipinski definition) is 5. The highest BCUT2D eigenvalue weighted by atomic mass is 16.5. The predicted molar refractivity (Wildman–Crippen MR) is 63.9 cm³/mol. The fraction of sp³-hybridized carbons (Fsp3) is 0.583. The molecule has 0 saturated carbocycles. The van der Waals surface area contributed by atoms with Gasteiger partial charge in [-0.3, -0.25) is 0 Å². The zero-order valence-electron chi connectivity index (χ0n) is 10.4. The van der Waals surface area contributed by atoms with Crippen molar-refractivity contribution in [1.29, 1.82) is 0 Å². The number of carbonyl (C=O) groups excluding carboxylic acids is 1. The second kappa shape index (κ2) is 4.69. The molecule has 1 aliphatic rings. The zero-order chi connectivity index (χ0) is 12.4. The Bertz CT molecular complexity index is 414. The molecule has 0 bridgehead atoms. The standard InChI is InChI=1S/C12H17N3O2/c1-8-7-9(2)14-12(13-8)15-6-4-5-10(15)11(16)17-3/h7,10H,4-6H2,1-3H3. The van der Waals surface area contributed by atoms with Crippen molar-refractivity contribution in [2.24, 2.45) is 0 Å². The van der Waals surface area contributed by atoms with E-state index in [0.717, 1.165) is 30.8 Å². The number of hydrogen-bond donors (Lipinski definition) is 0. The first-order valence-corrected chi connectivity index (χ1v) is 5.78. The molecule has 1 aromatic rings. The van der Waals surface area contributed by atoms with E-state index in [1.807, 2.05) is 24.8 Å². The lowest BCUT2D eigenvalue weighted by atomic mass is 10.2. The largest absolute Gasteiger partial charge is 0.467 e. The van der Waals surface area contributed by atoms with Gasteiger partial charge in [0.1, 0.15) is 6.04 Å². The number of methoxy groups -OCH3 is 1. The molecule has 0 N–H and O–H groups in total. The van der Waals surface area contributed by atoms with Gasteiger partial charge in [0.05, 0.1) is 7.11 Å². The van der Waals surface area contributed by atoms with Crippen LogP contribution in [0.5, 0.6) is 0 Å². The van der Waals surface area contributed by atoms with Gasteiger partial charge in [0.15, 0.2) is 0 Å². The summed E-state index contributed by atoms with van der Waals surface area (Å²) in [6, 6.07) is 1.69. The molecule has 0 aliphatic carbocycles. The van der Waals surface area contributed by atoms with Crippen LogP contribution in [0.25, 0.3) is 0 Å². The molecular formula is C12H17N3O2. The normalized spacial score (nSPS) is 19.5. The van der Waals surface area contributed by atoms with Gasteiger partial charge in [-0.05, 0) is 32.8 Å². The minimum Gasteiger partial charge on any atom is -0.467 e. The summed E-state index contributed by atoms with van der Waals surface area (Å²) in [5, 5.41) is 0. The maximum Gasteiger partial charge on any atom is 0.328 e. The first-order chi connectivity index (χ1) is 8.11. The average molecular weight is 235 g/mol. The van der Waals surface area contributed by atoms with E-state index in [9.17, 15) is 4.79 Å². The fourth-order valence-electron chi connectivity index (χ4n) is 2.22. The number of aryl methyl sites for hydroxylation is 2. The third kappa shape index (κ3) is 2.38. The van der Waals surface area contributed by atoms with Crippen molar-refractivity contribution < 1.29 is 9.53 Å². The van der Waals surface area contributed by atoms with Crippen LogP contribution < -0.4 is 4.90 Å². The molecular weight excluding hydrogens is 218 g/mol. The molecule has 0 amide bonds. The lowest BCUT2D eigenvalue weighted by molar-refractivity contribution is -0.141. The third-order valence-corrected chi connectivity index (χ3v) is 2.95. The van der Waals surface area contributed by atoms with Crippen LogP contribution >= 0.6 is 0 Å². The van der Waals surface area contributed by atoms with Gasteiger partial charge in [0, 0.05) is 17.9 Å². The zero-order valence-corrected chi connectivity index (χ0v) is 10.4. The van der Waals surface area contributed by atoms with Crippen LogP contribution in [0.2, 0.25) is 0 Å². The number of rotatable bonds is 2. The summed E-state index contributed by atoms with van der Waals surface area (Å²) in [5.74, 6) is 0.431. The number of anilines is 1. The first kappa shape index (κ1) is 11.8. The minimum absolute atomic E-state index is 0.203. The molecule has 2 rings (SSSR count). The van der Waals surface area contributed by atoms with Crippen LogP contribution in [0, 0.1) is 13.8 Å². The van der Waals surface area contributed by atoms with Gasteiger partial charge >= 0.3 is 5.97 Å². The molecule has 1 atom stereocenters. The Kier molecular flexibility index (Phi) is 3.26. The van der Waals surface area contributed by atoms with E-state index in [4.69, 9.17) is 4.74 Å². The van der Waals surface area contributed by atoms with Crippen LogP contribution in [0.1, 0.15) is 24.2 Å². The van der Waals surface area contributed by atoms with Crippen molar-refractivity contribution in [3.63, 3.8) is 0 Å². The van der Waals surface area contributed by atoms with Gasteiger partial charge < -0.3 is 9.64 Å². The molecule has 1 saturated heterocycles. The molecule has 1 fully saturated rings. The summed E-state index contributed by atoms with van der Waals surface area (Å²) in [4.78, 5) is 22.4. The monoisotopic (exact) mass is 235 g/mol. The maximum atomic E-state index is 11.6. The summed E-state index contributed by atoms with van der Waals surface area (Å²) in [6.45, 7) is 4.67. The Morgan fingerprint density at radius 1 is 1.41 bits per heavy atom. The highest BCUT2D eigenvalue weighted by molar-refractivity contribution is 5.79. The first-order valence-electron chi connectivity index (χ1n) is 5.78. The summed E-state index contributed by atoms with van der Waals surface area (Å²) in [7, 11) is 1.42. The Morgan fingerprint density at radius 3 is 2.65 bits per heavy atom. The van der Waals surface area contributed by atoms with Gasteiger partial charge in [-0.25, -0.2) is 14.8 Å². The average Bonchev–Trinajstić information content (AvgIpc) is 2.75. The van der Waals surface area contributed by atoms with Crippen molar-refractivity contribution in [1.82, 2.24) is 9.97 Å². The summed E-state index contributed by atoms with van der Waals surface area (Å²) in [6.07, 6.45) is 1.78. The van der Waals surface area contributed by atoms with Crippen LogP contribution in [-0.2, 0) is 9.53 Å². The SMILES string of the molecule is COC(=O)C1CCCN1c1nc(C)cc(C)n1. The molecule has 5 heteroatoms. The van der Waals surface area contributed by atoms with E-state index in [-0.39, 0.29) is 12.0 Å². The third-order valence-electron chi connectivity index (χ3n) is 2.95. The van der Waals surface area contributed by atoms with Crippen molar-refractivity contribution >= 4 is 11.9 Å². The molecule has 2 heterocycles. The van der Waals surface area contributed by atoms with Gasteiger partial charge in [-0.2, -0.15) is 0 Å². The molecule has 92 valence electrons. The van der Waals surface area contributed by atoms with Crippen LogP contribution in [-0.4, -0.2) is 35.6 Å². The van der Waals surface area contributed by atoms with Gasteiger partial charge in [0.2, 0.25) is 5.95 Å². The van der Waals surface area contributed by atoms with Crippen molar-refractivity contribution in [2.45, 2.75) is 32.7 Å². The van der Waals surface area contributed by atoms with Gasteiger partial charge in [-0.1, -0.05) is 0 Å². The second-order valence-corrected chi connectivity index (χ2v) is 4.33. The van der Waals surface area contributed by atoms with E-state index in [0.29, 0.717) is 5.95 Å². The van der Waals surface area contributed by atoms with E-state index >= 15 is 0 Å². The molecule has 0 aromatic carbocycles. The minimum atomic E-state index is -0.235. The van der Waals surface area contributed by atoms with Gasteiger partial charge in [-0.15, -0.1) is 0 Å². The molecule has 1 aromatic heterocycles. The van der Waals surface area contributed by atoms with Crippen molar-refractivity contribution in [3.05, 3.63) is 17.5 Å². The number of esters is 1. The number of aromatic nitrogens is 2. The van der Waals surface area contributed by atoms with Crippen LogP contribution in [0.3, 0.4) is 0 Å². The summed E-state index contributed by atoms with van der Waals surface area (Å²) in [5.41, 5.74) is 1.84. The number of ether oxygens (including phenoxy) is 1. The lowest BCUT2D eigenvalue weighted by Gasteiger charge is -2.22. The molecule has 1 unspecified atom stereocenters. The Balaban J connectivity index is 2.28. The highest BCUT2D eigenvalue weighted by Crippen LogP contribution is 2.23. The van der Waals surface area contributed by atoms with E-state index in [2.05, 4.69) is 9.97 Å². The fourth-order valence-corrected chi connectivity index (χ4v) is 2.22. The highest BCUT2D eigenvalue weighted by Gasteiger charge is 2.33. The molecule has 5 nitrogen and oxygen atoms in total. The predicted octanol–water partition coefficient (Wildman–Crippen LogP) is 1.24. The van der Waals surface area contributed by atoms with E-state index < -0.39 is 0 Å². The van der Waals surface area contributed by atoms with E-state index in [1.54, 1.807) is 0 Å². The Labute approximate surface area is 101 Å². The van der Waals surface area contributed by atoms with Crippen LogP contribution in [0.4, 0.5) is 5.95 Å². The van der Waals surface area contributed by atoms with Gasteiger partial charge in [0.25, 0.3) is 0 Å². The number of nitrogens with zero attached hydrogens (tertiary/aromatic N) is 3. The molecule has 0 spiro atoms. The lowest BCUT2D eigenvalue weighted by Crippen LogP contribution is -2.38. The number of carbonyl (C=O) groups is 1. The topological polar surface area (TPSA) is 55.3 Å². The molecule has 0 radical (unpaired) electrons. The maximum absolute atomic E-state index is 11.6. The second-order valence-electron chi connectivity index (χ2n) is 4.33. The summed E-state index contributed by atoms with van der Waals surface area (Å²) >= 11 is 0. The summed E-state index contributed by atoms with van der Waals surface area (Å²) < 4.78 is 4.81. The van der Waals surface area contributed by atoms with Crippen molar-refractivity contribution in [3.8, 4) is 0 Å². The molecule has 17 heavy (non-hydrogen) atoms. The quantitative estimate of drug-likeness (QED) is 0.722. The van der Waals surface area contributed by atoms with Crippen LogP contribution in [0.15, 0.2) is 6.07 Å². The smallest absolute Gasteiger partial charge is 0.328 e.